The molecule has 0 aromatic rings. The summed E-state index contributed by atoms with van der Waals surface area (Å²) >= 11 is 0. The monoisotopic (exact) mass is 578 g/mol. The van der Waals surface area contributed by atoms with E-state index in [0.29, 0.717) is 0 Å². The van der Waals surface area contributed by atoms with Crippen molar-refractivity contribution in [2.45, 2.75) is 134 Å². The second-order valence-corrected chi connectivity index (χ2v) is 12.7. The van der Waals surface area contributed by atoms with Crippen LogP contribution in [0.15, 0.2) is 0 Å². The summed E-state index contributed by atoms with van der Waals surface area (Å²) in [5, 5.41) is 0. The van der Waals surface area contributed by atoms with Crippen molar-refractivity contribution >= 4 is 20.0 Å². The highest BCUT2D eigenvalue weighted by molar-refractivity contribution is 8.05. The van der Waals surface area contributed by atoms with E-state index in [1.165, 1.54) is 89.9 Å². The number of halogens is 6. The second kappa shape index (κ2) is 17.1. The van der Waals surface area contributed by atoms with Crippen LogP contribution in [-0.2, 0) is 20.0 Å². The Kier molecular flexibility index (Phi) is 17.8. The molecule has 0 radical (unpaired) electrons. The molecule has 1 atom stereocenters. The topological polar surface area (TPSA) is 106 Å². The molecule has 1 unspecified atom stereocenters. The summed E-state index contributed by atoms with van der Waals surface area (Å²) in [6, 6.07) is 0. The van der Waals surface area contributed by atoms with Crippen molar-refractivity contribution in [3.8, 4) is 0 Å². The zero-order valence-electron chi connectivity index (χ0n) is 21.8. The Bertz CT molecular complexity index is 735. The van der Waals surface area contributed by atoms with E-state index in [0.717, 1.165) is 5.92 Å². The predicted octanol–water partition coefficient (Wildman–Crippen LogP) is 7.12. The van der Waals surface area contributed by atoms with Gasteiger partial charge in [-0.15, -0.1) is 0 Å². The van der Waals surface area contributed by atoms with E-state index < -0.39 is 35.2 Å². The lowest BCUT2D eigenvalue weighted by Crippen LogP contribution is -2.47. The third-order valence-electron chi connectivity index (χ3n) is 5.95. The minimum absolute atomic E-state index is 0.118. The van der Waals surface area contributed by atoms with Gasteiger partial charge < -0.3 is 5.73 Å². The van der Waals surface area contributed by atoms with E-state index in [-0.39, 0.29) is 5.54 Å². The number of alkyl halides is 6. The second-order valence-electron chi connectivity index (χ2n) is 9.11. The first-order chi connectivity index (χ1) is 16.3. The molecule has 0 aliphatic heterocycles. The Morgan fingerprint density at radius 1 is 0.611 bits per heavy atom. The molecular weight excluding hydrogens is 534 g/mol. The van der Waals surface area contributed by atoms with Crippen LogP contribution >= 0.6 is 0 Å². The van der Waals surface area contributed by atoms with Crippen molar-refractivity contribution < 1.29 is 43.2 Å². The van der Waals surface area contributed by atoms with E-state index in [9.17, 15) is 43.2 Å². The highest BCUT2D eigenvalue weighted by atomic mass is 32.3. The molecule has 220 valence electrons. The molecule has 0 saturated carbocycles. The Labute approximate surface area is 213 Å². The van der Waals surface area contributed by atoms with E-state index >= 15 is 0 Å². The van der Waals surface area contributed by atoms with Crippen LogP contribution in [-0.4, -0.2) is 33.4 Å². The number of nitrogens with two attached hydrogens (primary N) is 1. The molecule has 0 aromatic heterocycles. The Balaban J connectivity index is 0. The summed E-state index contributed by atoms with van der Waals surface area (Å²) in [6.07, 6.45) is 18.5. The van der Waals surface area contributed by atoms with Gasteiger partial charge in [0.05, 0.1) is 0 Å². The smallest absolute Gasteiger partial charge is 0.325 e. The van der Waals surface area contributed by atoms with E-state index in [1.807, 2.05) is 0 Å². The van der Waals surface area contributed by atoms with Gasteiger partial charge >= 0.3 is 31.1 Å². The summed E-state index contributed by atoms with van der Waals surface area (Å²) in [6.45, 7) is 9.19. The largest absolute Gasteiger partial charge is 0.512 e. The van der Waals surface area contributed by atoms with Crippen LogP contribution in [0, 0.1) is 5.92 Å². The Morgan fingerprint density at radius 3 is 1.31 bits per heavy atom. The lowest BCUT2D eigenvalue weighted by atomic mass is 9.72. The molecule has 0 bridgehead atoms. The van der Waals surface area contributed by atoms with Gasteiger partial charge in [0.1, 0.15) is 0 Å². The normalized spacial score (nSPS) is 14.3. The van der Waals surface area contributed by atoms with Crippen molar-refractivity contribution in [2.75, 3.05) is 0 Å². The van der Waals surface area contributed by atoms with Crippen molar-refractivity contribution in [3.63, 3.8) is 0 Å². The third-order valence-corrected chi connectivity index (χ3v) is 8.92. The van der Waals surface area contributed by atoms with Crippen molar-refractivity contribution in [3.05, 3.63) is 0 Å². The van der Waals surface area contributed by atoms with E-state index in [2.05, 4.69) is 27.7 Å². The molecule has 0 spiro atoms. The fraction of sp³-hybridized carbons (Fsp3) is 1.00. The van der Waals surface area contributed by atoms with Crippen LogP contribution in [0.1, 0.15) is 118 Å². The molecule has 0 saturated heterocycles. The minimum Gasteiger partial charge on any atom is -0.325 e. The van der Waals surface area contributed by atoms with E-state index in [1.54, 1.807) is 0 Å². The summed E-state index contributed by atoms with van der Waals surface area (Å²) < 4.78 is 108. The van der Waals surface area contributed by atoms with Crippen molar-refractivity contribution in [2.24, 2.45) is 11.7 Å². The van der Waals surface area contributed by atoms with Gasteiger partial charge in [0.15, 0.2) is 0 Å². The average molecular weight is 579 g/mol. The standard InChI is InChI=1S/C20H43N.C2HF6NO4S2/c1-5-9-13-14-16-19(15-10-6-2)20(21,17-11-7-3)18-12-8-4;3-1(4,5)14(10,11)9-15(12,13)2(6,7)8/h19H,5-18,21H2,1-4H3;9H. The van der Waals surface area contributed by atoms with Gasteiger partial charge in [0.2, 0.25) is 0 Å². The van der Waals surface area contributed by atoms with Gasteiger partial charge in [-0.25, -0.2) is 16.8 Å². The van der Waals surface area contributed by atoms with Gasteiger partial charge in [-0.3, -0.25) is 0 Å². The van der Waals surface area contributed by atoms with Crippen molar-refractivity contribution in [1.29, 1.82) is 0 Å². The molecule has 36 heavy (non-hydrogen) atoms. The van der Waals surface area contributed by atoms with Crippen molar-refractivity contribution in [1.82, 2.24) is 4.13 Å². The molecule has 0 fully saturated rings. The number of hydrogen-bond acceptors (Lipinski definition) is 5. The first-order valence-corrected chi connectivity index (χ1v) is 15.5. The van der Waals surface area contributed by atoms with Gasteiger partial charge in [-0.1, -0.05) is 96.0 Å². The molecule has 14 heteroatoms. The van der Waals surface area contributed by atoms with Crippen LogP contribution in [0.3, 0.4) is 0 Å². The van der Waals surface area contributed by atoms with Crippen LogP contribution in [0.25, 0.3) is 0 Å². The van der Waals surface area contributed by atoms with Gasteiger partial charge in [-0.2, -0.15) is 26.3 Å². The number of rotatable bonds is 17. The first-order valence-electron chi connectivity index (χ1n) is 12.5. The van der Waals surface area contributed by atoms with Crippen LogP contribution < -0.4 is 9.86 Å². The molecule has 0 aliphatic carbocycles. The predicted molar refractivity (Wildman–Crippen MR) is 131 cm³/mol. The number of sulfonamides is 2. The zero-order valence-corrected chi connectivity index (χ0v) is 23.4. The third kappa shape index (κ3) is 14.4. The molecule has 0 heterocycles. The molecule has 3 N–H and O–H groups in total. The highest BCUT2D eigenvalue weighted by Crippen LogP contribution is 2.34. The maximum Gasteiger partial charge on any atom is 0.512 e. The number of nitrogens with one attached hydrogen (secondary N) is 1. The zero-order chi connectivity index (χ0) is 28.7. The summed E-state index contributed by atoms with van der Waals surface area (Å²) in [5.41, 5.74) is -5.21. The maximum absolute atomic E-state index is 11.5. The molecule has 0 aromatic carbocycles. The maximum atomic E-state index is 11.5. The SMILES string of the molecule is CCCCCCC(CCCC)C(N)(CCCC)CCCC.O=S(=O)(NS(=O)(=O)C(F)(F)F)C(F)(F)F. The average Bonchev–Trinajstić information content (AvgIpc) is 2.74. The Morgan fingerprint density at radius 2 is 0.972 bits per heavy atom. The highest BCUT2D eigenvalue weighted by Gasteiger charge is 2.55. The van der Waals surface area contributed by atoms with Gasteiger partial charge in [0.25, 0.3) is 0 Å². The quantitative estimate of drug-likeness (QED) is 0.141. The van der Waals surface area contributed by atoms with Crippen LogP contribution in [0.5, 0.6) is 0 Å². The fourth-order valence-electron chi connectivity index (χ4n) is 3.77. The molecule has 0 amide bonds. The lowest BCUT2D eigenvalue weighted by molar-refractivity contribution is -0.0476. The van der Waals surface area contributed by atoms with Gasteiger partial charge in [-0.05, 0) is 31.6 Å². The minimum atomic E-state index is -6.60. The number of unbranched alkanes of at least 4 members (excludes halogenated alkanes) is 6. The fourth-order valence-corrected chi connectivity index (χ4v) is 5.68. The molecule has 6 nitrogen and oxygen atoms in total. The first kappa shape index (κ1) is 37.6. The molecule has 0 rings (SSSR count). The Hall–Kier alpha value is -0.600. The van der Waals surface area contributed by atoms with E-state index in [4.69, 9.17) is 5.73 Å². The molecule has 0 aliphatic rings. The van der Waals surface area contributed by atoms with Gasteiger partial charge in [0, 0.05) is 5.54 Å². The summed E-state index contributed by atoms with van der Waals surface area (Å²) in [4.78, 5) is 0. The molecular formula is C22H44F6N2O4S2. The van der Waals surface area contributed by atoms with Crippen LogP contribution in [0.4, 0.5) is 26.3 Å². The lowest BCUT2D eigenvalue weighted by Gasteiger charge is -2.38. The number of hydrogen-bond donors (Lipinski definition) is 2. The van der Waals surface area contributed by atoms with Crippen LogP contribution in [0.2, 0.25) is 0 Å². The summed E-state index contributed by atoms with van der Waals surface area (Å²) in [5.74, 6) is 0.757. The summed E-state index contributed by atoms with van der Waals surface area (Å²) in [7, 11) is -13.2.